The number of benzene rings is 1. The summed E-state index contributed by atoms with van der Waals surface area (Å²) in [7, 11) is -2.48. The molecule has 1 aromatic carbocycles. The highest BCUT2D eigenvalue weighted by Gasteiger charge is 2.33. The standard InChI is InChI=1S/C23H28ClN6O2P/c1-33(2,31)20-6-4-3-5-18(20)27-22-17(24)13-25-23(29-22)28-19-14-26-30(21(19)15-7-8-15)16-9-11-32-12-10-16/h3-6,13-16H,7-12H2,1-2H3,(H2,25,27,28,29). The smallest absolute Gasteiger partial charge is 0.229 e. The molecule has 2 N–H and O–H groups in total. The van der Waals surface area contributed by atoms with Gasteiger partial charge in [0, 0.05) is 24.4 Å². The van der Waals surface area contributed by atoms with Gasteiger partial charge >= 0.3 is 0 Å². The van der Waals surface area contributed by atoms with E-state index in [0.29, 0.717) is 28.7 Å². The van der Waals surface area contributed by atoms with Crippen molar-refractivity contribution in [2.45, 2.75) is 37.6 Å². The lowest BCUT2D eigenvalue weighted by atomic mass is 10.1. The van der Waals surface area contributed by atoms with Crippen molar-refractivity contribution in [3.8, 4) is 0 Å². The zero-order valence-corrected chi connectivity index (χ0v) is 20.4. The number of nitrogens with one attached hydrogen (secondary N) is 2. The molecule has 0 radical (unpaired) electrons. The normalized spacial score (nSPS) is 17.2. The summed E-state index contributed by atoms with van der Waals surface area (Å²) >= 11 is 6.40. The summed E-state index contributed by atoms with van der Waals surface area (Å²) in [5, 5.41) is 12.5. The highest BCUT2D eigenvalue weighted by atomic mass is 35.5. The number of ether oxygens (including phenoxy) is 1. The molecule has 1 aliphatic heterocycles. The van der Waals surface area contributed by atoms with E-state index in [1.165, 1.54) is 18.5 Å². The Kier molecular flexibility index (Phi) is 6.16. The van der Waals surface area contributed by atoms with Crippen LogP contribution in [0, 0.1) is 0 Å². The fraction of sp³-hybridized carbons (Fsp3) is 0.435. The topological polar surface area (TPSA) is 94.0 Å². The molecule has 0 atom stereocenters. The molecule has 0 spiro atoms. The summed E-state index contributed by atoms with van der Waals surface area (Å²) in [4.78, 5) is 9.00. The van der Waals surface area contributed by atoms with Crippen molar-refractivity contribution in [3.63, 3.8) is 0 Å². The van der Waals surface area contributed by atoms with Gasteiger partial charge in [-0.3, -0.25) is 4.68 Å². The second-order valence-electron chi connectivity index (χ2n) is 9.01. The van der Waals surface area contributed by atoms with Gasteiger partial charge < -0.3 is 19.9 Å². The largest absolute Gasteiger partial charge is 0.381 e. The van der Waals surface area contributed by atoms with E-state index in [-0.39, 0.29) is 0 Å². The molecule has 2 aromatic heterocycles. The van der Waals surface area contributed by atoms with Crippen LogP contribution in [0.1, 0.15) is 43.3 Å². The van der Waals surface area contributed by atoms with Crippen LogP contribution in [-0.4, -0.2) is 46.3 Å². The van der Waals surface area contributed by atoms with Crippen LogP contribution >= 0.6 is 18.7 Å². The number of hydrogen-bond acceptors (Lipinski definition) is 7. The minimum atomic E-state index is -2.48. The van der Waals surface area contributed by atoms with Crippen LogP contribution in [0.5, 0.6) is 0 Å². The first-order chi connectivity index (χ1) is 15.9. The fourth-order valence-electron chi connectivity index (χ4n) is 4.26. The molecule has 0 unspecified atom stereocenters. The van der Waals surface area contributed by atoms with Crippen LogP contribution in [0.15, 0.2) is 36.7 Å². The van der Waals surface area contributed by atoms with E-state index in [9.17, 15) is 4.57 Å². The zero-order chi connectivity index (χ0) is 23.0. The molecule has 1 saturated heterocycles. The SMILES string of the molecule is CP(C)(=O)c1ccccc1Nc1nc(Nc2cnn(C3CCOCC3)c2C2CC2)ncc1Cl. The summed E-state index contributed by atoms with van der Waals surface area (Å²) < 4.78 is 20.4. The number of halogens is 1. The Hall–Kier alpha value is -2.41. The lowest BCUT2D eigenvalue weighted by molar-refractivity contribution is 0.0654. The van der Waals surface area contributed by atoms with Crippen molar-refractivity contribution < 1.29 is 9.30 Å². The van der Waals surface area contributed by atoms with E-state index in [4.69, 9.17) is 21.4 Å². The van der Waals surface area contributed by atoms with Crippen molar-refractivity contribution in [1.82, 2.24) is 19.7 Å². The van der Waals surface area contributed by atoms with E-state index in [1.54, 1.807) is 19.5 Å². The van der Waals surface area contributed by atoms with E-state index in [2.05, 4.69) is 25.3 Å². The van der Waals surface area contributed by atoms with Gasteiger partial charge in [-0.25, -0.2) is 4.98 Å². The van der Waals surface area contributed by atoms with Crippen LogP contribution in [0.25, 0.3) is 0 Å². The lowest BCUT2D eigenvalue weighted by Gasteiger charge is -2.24. The van der Waals surface area contributed by atoms with Crippen LogP contribution in [0.2, 0.25) is 5.02 Å². The molecule has 33 heavy (non-hydrogen) atoms. The monoisotopic (exact) mass is 486 g/mol. The predicted octanol–water partition coefficient (Wildman–Crippen LogP) is 5.29. The van der Waals surface area contributed by atoms with Crippen LogP contribution in [-0.2, 0) is 9.30 Å². The third-order valence-corrected chi connectivity index (χ3v) is 7.89. The van der Waals surface area contributed by atoms with Crippen molar-refractivity contribution in [3.05, 3.63) is 47.4 Å². The summed E-state index contributed by atoms with van der Waals surface area (Å²) in [5.74, 6) is 1.40. The molecule has 3 aromatic rings. The molecule has 1 saturated carbocycles. The molecule has 8 nitrogen and oxygen atoms in total. The Bertz CT molecular complexity index is 1200. The third-order valence-electron chi connectivity index (χ3n) is 6.06. The Labute approximate surface area is 198 Å². The Morgan fingerprint density at radius 3 is 2.55 bits per heavy atom. The van der Waals surface area contributed by atoms with Crippen molar-refractivity contribution in [2.75, 3.05) is 37.2 Å². The maximum Gasteiger partial charge on any atom is 0.229 e. The van der Waals surface area contributed by atoms with E-state index < -0.39 is 7.14 Å². The molecule has 1 aliphatic carbocycles. The average molecular weight is 487 g/mol. The molecule has 0 amide bonds. The zero-order valence-electron chi connectivity index (χ0n) is 18.8. The molecular formula is C23H28ClN6O2P. The maximum atomic E-state index is 12.7. The van der Waals surface area contributed by atoms with Gasteiger partial charge in [0.15, 0.2) is 5.82 Å². The van der Waals surface area contributed by atoms with Crippen molar-refractivity contribution in [2.24, 2.45) is 0 Å². The highest BCUT2D eigenvalue weighted by molar-refractivity contribution is 7.70. The van der Waals surface area contributed by atoms with Crippen LogP contribution in [0.3, 0.4) is 0 Å². The molecule has 3 heterocycles. The van der Waals surface area contributed by atoms with Gasteiger partial charge in [0.1, 0.15) is 12.2 Å². The van der Waals surface area contributed by atoms with Crippen LogP contribution in [0.4, 0.5) is 23.1 Å². The highest BCUT2D eigenvalue weighted by Crippen LogP contribution is 2.45. The Morgan fingerprint density at radius 1 is 1.06 bits per heavy atom. The van der Waals surface area contributed by atoms with Gasteiger partial charge in [-0.05, 0) is 51.1 Å². The molecule has 5 rings (SSSR count). The molecule has 2 fully saturated rings. The van der Waals surface area contributed by atoms with E-state index >= 15 is 0 Å². The second kappa shape index (κ2) is 9.09. The van der Waals surface area contributed by atoms with Gasteiger partial charge in [0.05, 0.1) is 35.5 Å². The van der Waals surface area contributed by atoms with Gasteiger partial charge in [0.2, 0.25) is 5.95 Å². The average Bonchev–Trinajstić information content (AvgIpc) is 3.56. The van der Waals surface area contributed by atoms with E-state index in [1.807, 2.05) is 30.5 Å². The van der Waals surface area contributed by atoms with Gasteiger partial charge in [-0.2, -0.15) is 10.1 Å². The quantitative estimate of drug-likeness (QED) is 0.438. The van der Waals surface area contributed by atoms with Gasteiger partial charge in [-0.15, -0.1) is 0 Å². The molecular weight excluding hydrogens is 459 g/mol. The van der Waals surface area contributed by atoms with Crippen LogP contribution < -0.4 is 15.9 Å². The summed E-state index contributed by atoms with van der Waals surface area (Å²) in [5.41, 5.74) is 2.88. The Morgan fingerprint density at radius 2 is 1.82 bits per heavy atom. The first-order valence-electron chi connectivity index (χ1n) is 11.3. The summed E-state index contributed by atoms with van der Waals surface area (Å²) in [6.07, 6.45) is 7.73. The number of aromatic nitrogens is 4. The number of para-hydroxylation sites is 1. The lowest BCUT2D eigenvalue weighted by Crippen LogP contribution is -2.22. The predicted molar refractivity (Wildman–Crippen MR) is 132 cm³/mol. The Balaban J connectivity index is 1.42. The number of rotatable bonds is 7. The molecule has 174 valence electrons. The van der Waals surface area contributed by atoms with E-state index in [0.717, 1.165) is 42.7 Å². The number of anilines is 4. The molecule has 0 bridgehead atoms. The maximum absolute atomic E-state index is 12.7. The number of nitrogens with zero attached hydrogens (tertiary/aromatic N) is 4. The van der Waals surface area contributed by atoms with Crippen molar-refractivity contribution in [1.29, 1.82) is 0 Å². The minimum absolute atomic E-state index is 0.364. The first-order valence-corrected chi connectivity index (χ1v) is 14.2. The minimum Gasteiger partial charge on any atom is -0.381 e. The summed E-state index contributed by atoms with van der Waals surface area (Å²) in [6, 6.07) is 7.88. The third kappa shape index (κ3) is 4.93. The second-order valence-corrected chi connectivity index (χ2v) is 12.6. The fourth-order valence-corrected chi connectivity index (χ4v) is 5.56. The molecule has 2 aliphatic rings. The molecule has 10 heteroatoms. The van der Waals surface area contributed by atoms with Gasteiger partial charge in [0.25, 0.3) is 0 Å². The van der Waals surface area contributed by atoms with Gasteiger partial charge in [-0.1, -0.05) is 23.7 Å². The van der Waals surface area contributed by atoms with Crippen molar-refractivity contribution >= 4 is 47.2 Å². The first kappa shape index (κ1) is 22.4. The number of hydrogen-bond donors (Lipinski definition) is 2. The summed E-state index contributed by atoms with van der Waals surface area (Å²) in [6.45, 7) is 5.04.